The highest BCUT2D eigenvalue weighted by atomic mass is 16.2. The maximum atomic E-state index is 12.1. The molecule has 1 fully saturated rings. The number of hydrogen-bond acceptors (Lipinski definition) is 4. The van der Waals surface area contributed by atoms with Gasteiger partial charge in [0.25, 0.3) is 0 Å². The molecule has 1 aromatic rings. The maximum Gasteiger partial charge on any atom is 0.315 e. The van der Waals surface area contributed by atoms with E-state index in [1.165, 1.54) is 5.57 Å². The van der Waals surface area contributed by atoms with E-state index < -0.39 is 0 Å². The average Bonchev–Trinajstić information content (AvgIpc) is 2.54. The van der Waals surface area contributed by atoms with E-state index in [9.17, 15) is 4.79 Å². The molecule has 1 saturated heterocycles. The highest BCUT2D eigenvalue weighted by molar-refractivity contribution is 5.74. The van der Waals surface area contributed by atoms with Crippen molar-refractivity contribution in [1.29, 1.82) is 0 Å². The number of piperidine rings is 1. The van der Waals surface area contributed by atoms with Crippen LogP contribution in [0.1, 0.15) is 25.3 Å². The SMILES string of the molecule is C=C(C)CN1CCC(NC(=O)NCc2ccnc(N(C)C)c2)CC1. The highest BCUT2D eigenvalue weighted by Crippen LogP contribution is 2.12. The lowest BCUT2D eigenvalue weighted by atomic mass is 10.0. The third-order valence-electron chi connectivity index (χ3n) is 4.14. The maximum absolute atomic E-state index is 12.1. The van der Waals surface area contributed by atoms with Crippen molar-refractivity contribution < 1.29 is 4.79 Å². The number of carbonyl (C=O) groups excluding carboxylic acids is 1. The molecule has 6 heteroatoms. The van der Waals surface area contributed by atoms with E-state index >= 15 is 0 Å². The normalized spacial score (nSPS) is 15.8. The first kappa shape index (κ1) is 18.3. The van der Waals surface area contributed by atoms with Crippen LogP contribution < -0.4 is 15.5 Å². The molecule has 0 aliphatic carbocycles. The molecule has 2 N–H and O–H groups in total. The molecule has 0 saturated carbocycles. The van der Waals surface area contributed by atoms with Gasteiger partial charge in [0, 0.05) is 52.5 Å². The number of hydrogen-bond donors (Lipinski definition) is 2. The van der Waals surface area contributed by atoms with Crippen molar-refractivity contribution >= 4 is 11.8 Å². The largest absolute Gasteiger partial charge is 0.363 e. The number of rotatable bonds is 6. The summed E-state index contributed by atoms with van der Waals surface area (Å²) in [4.78, 5) is 20.7. The van der Waals surface area contributed by atoms with E-state index in [4.69, 9.17) is 0 Å². The van der Waals surface area contributed by atoms with Crippen molar-refractivity contribution in [3.63, 3.8) is 0 Å². The molecular formula is C18H29N5O. The Morgan fingerprint density at radius 2 is 2.12 bits per heavy atom. The van der Waals surface area contributed by atoms with Gasteiger partial charge in [-0.3, -0.25) is 4.90 Å². The summed E-state index contributed by atoms with van der Waals surface area (Å²) in [7, 11) is 3.90. The second-order valence-corrected chi connectivity index (χ2v) is 6.75. The van der Waals surface area contributed by atoms with Crippen LogP contribution >= 0.6 is 0 Å². The molecular weight excluding hydrogens is 302 g/mol. The van der Waals surface area contributed by atoms with Crippen LogP contribution in [0, 0.1) is 0 Å². The van der Waals surface area contributed by atoms with E-state index in [1.54, 1.807) is 6.20 Å². The molecule has 0 bridgehead atoms. The van der Waals surface area contributed by atoms with Gasteiger partial charge in [0.05, 0.1) is 0 Å². The van der Waals surface area contributed by atoms with Crippen LogP contribution in [0.15, 0.2) is 30.5 Å². The van der Waals surface area contributed by atoms with Crippen molar-refractivity contribution in [2.45, 2.75) is 32.4 Å². The zero-order valence-corrected chi connectivity index (χ0v) is 15.0. The van der Waals surface area contributed by atoms with Crippen molar-refractivity contribution in [2.24, 2.45) is 0 Å². The Morgan fingerprint density at radius 3 is 2.75 bits per heavy atom. The summed E-state index contributed by atoms with van der Waals surface area (Å²) in [5, 5.41) is 6.01. The second kappa shape index (κ2) is 8.68. The second-order valence-electron chi connectivity index (χ2n) is 6.75. The topological polar surface area (TPSA) is 60.5 Å². The summed E-state index contributed by atoms with van der Waals surface area (Å²) < 4.78 is 0. The van der Waals surface area contributed by atoms with E-state index in [1.807, 2.05) is 31.1 Å². The molecule has 2 amide bonds. The van der Waals surface area contributed by atoms with Gasteiger partial charge >= 0.3 is 6.03 Å². The smallest absolute Gasteiger partial charge is 0.315 e. The Bertz CT molecular complexity index is 564. The lowest BCUT2D eigenvalue weighted by molar-refractivity contribution is 0.201. The lowest BCUT2D eigenvalue weighted by Crippen LogP contribution is -2.47. The predicted octanol–water partition coefficient (Wildman–Crippen LogP) is 1.99. The summed E-state index contributed by atoms with van der Waals surface area (Å²) in [5.74, 6) is 0.889. The summed E-state index contributed by atoms with van der Waals surface area (Å²) >= 11 is 0. The third-order valence-corrected chi connectivity index (χ3v) is 4.14. The number of likely N-dealkylation sites (tertiary alicyclic amines) is 1. The van der Waals surface area contributed by atoms with Gasteiger partial charge in [0.1, 0.15) is 5.82 Å². The Labute approximate surface area is 144 Å². The highest BCUT2D eigenvalue weighted by Gasteiger charge is 2.20. The first-order valence-corrected chi connectivity index (χ1v) is 8.47. The standard InChI is InChI=1S/C18H29N5O/c1-14(2)13-23-9-6-16(7-10-23)21-18(24)20-12-15-5-8-19-17(11-15)22(3)4/h5,8,11,16H,1,6-7,9-10,12-13H2,2-4H3,(H2,20,21,24). The molecule has 24 heavy (non-hydrogen) atoms. The molecule has 2 heterocycles. The Hall–Kier alpha value is -2.08. The Morgan fingerprint density at radius 1 is 1.42 bits per heavy atom. The molecule has 0 aromatic carbocycles. The third kappa shape index (κ3) is 5.85. The van der Waals surface area contributed by atoms with Crippen LogP contribution in [0.4, 0.5) is 10.6 Å². The van der Waals surface area contributed by atoms with E-state index in [0.29, 0.717) is 6.54 Å². The average molecular weight is 331 g/mol. The van der Waals surface area contributed by atoms with Gasteiger partial charge in [-0.15, -0.1) is 0 Å². The minimum Gasteiger partial charge on any atom is -0.363 e. The quantitative estimate of drug-likeness (QED) is 0.783. The van der Waals surface area contributed by atoms with Crippen LogP contribution in [0.5, 0.6) is 0 Å². The zero-order chi connectivity index (χ0) is 17.5. The minimum absolute atomic E-state index is 0.100. The number of nitrogens with one attached hydrogen (secondary N) is 2. The van der Waals surface area contributed by atoms with Gasteiger partial charge in [0.15, 0.2) is 0 Å². The molecule has 1 aromatic heterocycles. The molecule has 2 rings (SSSR count). The van der Waals surface area contributed by atoms with Gasteiger partial charge in [-0.2, -0.15) is 0 Å². The van der Waals surface area contributed by atoms with Crippen molar-refractivity contribution in [3.05, 3.63) is 36.0 Å². The summed E-state index contributed by atoms with van der Waals surface area (Å²) in [6.07, 6.45) is 3.74. The minimum atomic E-state index is -0.100. The number of carbonyl (C=O) groups is 1. The predicted molar refractivity (Wildman–Crippen MR) is 98.2 cm³/mol. The number of pyridine rings is 1. The molecule has 1 aliphatic heterocycles. The summed E-state index contributed by atoms with van der Waals surface area (Å²) in [5.41, 5.74) is 2.23. The van der Waals surface area contributed by atoms with E-state index in [2.05, 4.69) is 34.0 Å². The van der Waals surface area contributed by atoms with Gasteiger partial charge in [0.2, 0.25) is 0 Å². The van der Waals surface area contributed by atoms with Crippen LogP contribution in [0.2, 0.25) is 0 Å². The Kier molecular flexibility index (Phi) is 6.61. The van der Waals surface area contributed by atoms with E-state index in [0.717, 1.165) is 43.9 Å². The number of anilines is 1. The molecule has 1 aliphatic rings. The fourth-order valence-corrected chi connectivity index (χ4v) is 2.85. The summed E-state index contributed by atoms with van der Waals surface area (Å²) in [6.45, 7) is 9.49. The Balaban J connectivity index is 1.72. The van der Waals surface area contributed by atoms with Crippen LogP contribution in [0.3, 0.4) is 0 Å². The molecule has 0 spiro atoms. The first-order valence-electron chi connectivity index (χ1n) is 8.47. The summed E-state index contributed by atoms with van der Waals surface area (Å²) in [6, 6.07) is 4.05. The molecule has 0 radical (unpaired) electrons. The number of nitrogens with zero attached hydrogens (tertiary/aromatic N) is 3. The van der Waals surface area contributed by atoms with Gasteiger partial charge in [-0.05, 0) is 37.5 Å². The number of amides is 2. The molecule has 6 nitrogen and oxygen atoms in total. The first-order chi connectivity index (χ1) is 11.4. The van der Waals surface area contributed by atoms with Crippen molar-refractivity contribution in [1.82, 2.24) is 20.5 Å². The van der Waals surface area contributed by atoms with Crippen LogP contribution in [-0.2, 0) is 6.54 Å². The van der Waals surface area contributed by atoms with Crippen LogP contribution in [-0.4, -0.2) is 55.7 Å². The van der Waals surface area contributed by atoms with Gasteiger partial charge < -0.3 is 15.5 Å². The lowest BCUT2D eigenvalue weighted by Gasteiger charge is -2.32. The molecule has 0 unspecified atom stereocenters. The van der Waals surface area contributed by atoms with Crippen molar-refractivity contribution in [2.75, 3.05) is 38.6 Å². The fourth-order valence-electron chi connectivity index (χ4n) is 2.85. The molecule has 132 valence electrons. The monoisotopic (exact) mass is 331 g/mol. The number of urea groups is 1. The van der Waals surface area contributed by atoms with Gasteiger partial charge in [-0.1, -0.05) is 12.2 Å². The zero-order valence-electron chi connectivity index (χ0n) is 15.0. The molecule has 0 atom stereocenters. The van der Waals surface area contributed by atoms with Crippen molar-refractivity contribution in [3.8, 4) is 0 Å². The van der Waals surface area contributed by atoms with Gasteiger partial charge in [-0.25, -0.2) is 9.78 Å². The van der Waals surface area contributed by atoms with Crippen LogP contribution in [0.25, 0.3) is 0 Å². The number of aromatic nitrogens is 1. The van der Waals surface area contributed by atoms with E-state index in [-0.39, 0.29) is 12.1 Å². The fraction of sp³-hybridized carbons (Fsp3) is 0.556.